The van der Waals surface area contributed by atoms with Crippen molar-refractivity contribution in [2.75, 3.05) is 36.9 Å². The number of benzene rings is 2. The molecule has 0 spiro atoms. The van der Waals surface area contributed by atoms with E-state index in [1.54, 1.807) is 38.1 Å². The van der Waals surface area contributed by atoms with Crippen LogP contribution in [0.2, 0.25) is 0 Å². The molecule has 2 amide bonds. The number of carboxylic acid groups (broad SMARTS) is 1. The van der Waals surface area contributed by atoms with Crippen LogP contribution >= 0.6 is 11.3 Å². The molecule has 0 saturated carbocycles. The number of thiophene rings is 1. The zero-order valence-corrected chi connectivity index (χ0v) is 22.7. The Hall–Kier alpha value is -4.02. The molecular weight excluding hydrogens is 518 g/mol. The van der Waals surface area contributed by atoms with Gasteiger partial charge < -0.3 is 20.5 Å². The maximum absolute atomic E-state index is 13.2. The number of aliphatic carboxylic acids is 1. The highest BCUT2D eigenvalue weighted by atomic mass is 32.1. The van der Waals surface area contributed by atoms with E-state index in [1.165, 1.54) is 0 Å². The number of carbonyl (C=O) groups is 4. The zero-order chi connectivity index (χ0) is 28.0. The molecule has 39 heavy (non-hydrogen) atoms. The fraction of sp³-hybridized carbons (Fsp3) is 0.310. The number of carboxylic acids is 1. The largest absolute Gasteiger partial charge is 0.481 e. The minimum Gasteiger partial charge on any atom is -0.481 e. The Kier molecular flexibility index (Phi) is 8.78. The van der Waals surface area contributed by atoms with Crippen molar-refractivity contribution >= 4 is 45.8 Å². The Bertz CT molecular complexity index is 1350. The van der Waals surface area contributed by atoms with Crippen LogP contribution < -0.4 is 10.6 Å². The fourth-order valence-electron chi connectivity index (χ4n) is 4.83. The zero-order valence-electron chi connectivity index (χ0n) is 21.9. The lowest BCUT2D eigenvalue weighted by atomic mass is 9.73. The second kappa shape index (κ2) is 12.2. The van der Waals surface area contributed by atoms with Gasteiger partial charge in [0.1, 0.15) is 9.88 Å². The van der Waals surface area contributed by atoms with Gasteiger partial charge >= 0.3 is 11.9 Å². The molecule has 4 rings (SSSR count). The molecule has 1 fully saturated rings. The number of esters is 1. The third kappa shape index (κ3) is 6.18. The van der Waals surface area contributed by atoms with Crippen molar-refractivity contribution in [2.24, 2.45) is 0 Å². The number of anilines is 2. The van der Waals surface area contributed by atoms with Crippen LogP contribution in [-0.4, -0.2) is 60.0 Å². The lowest BCUT2D eigenvalue weighted by Gasteiger charge is -2.39. The maximum atomic E-state index is 13.2. The summed E-state index contributed by atoms with van der Waals surface area (Å²) < 4.78 is 5.15. The van der Waals surface area contributed by atoms with Crippen molar-refractivity contribution in [2.45, 2.75) is 32.1 Å². The summed E-state index contributed by atoms with van der Waals surface area (Å²) >= 11 is 1.00. The molecule has 3 N–H and O–H groups in total. The van der Waals surface area contributed by atoms with Crippen LogP contribution in [-0.2, 0) is 19.7 Å². The van der Waals surface area contributed by atoms with Gasteiger partial charge in [0.05, 0.1) is 24.1 Å². The Morgan fingerprint density at radius 2 is 1.59 bits per heavy atom. The Balaban J connectivity index is 1.49. The molecule has 1 aliphatic rings. The van der Waals surface area contributed by atoms with E-state index in [-0.39, 0.29) is 34.5 Å². The summed E-state index contributed by atoms with van der Waals surface area (Å²) in [5.41, 5.74) is 0.978. The number of piperidine rings is 1. The third-order valence-corrected chi connectivity index (χ3v) is 8.12. The molecule has 0 bridgehead atoms. The van der Waals surface area contributed by atoms with Gasteiger partial charge in [-0.1, -0.05) is 48.5 Å². The van der Waals surface area contributed by atoms with Crippen molar-refractivity contribution in [3.63, 3.8) is 0 Å². The number of hydrogen-bond donors (Lipinski definition) is 3. The minimum absolute atomic E-state index is 0.0237. The summed E-state index contributed by atoms with van der Waals surface area (Å²) in [6.07, 6.45) is 0.741. The predicted molar refractivity (Wildman–Crippen MR) is 149 cm³/mol. The second-order valence-corrected chi connectivity index (χ2v) is 10.4. The first kappa shape index (κ1) is 28.0. The molecule has 3 aromatic rings. The number of amides is 2. The van der Waals surface area contributed by atoms with Crippen molar-refractivity contribution in [1.29, 1.82) is 0 Å². The summed E-state index contributed by atoms with van der Waals surface area (Å²) in [6, 6.07) is 18.1. The highest BCUT2D eigenvalue weighted by molar-refractivity contribution is 7.18. The van der Waals surface area contributed by atoms with E-state index in [2.05, 4.69) is 10.6 Å². The van der Waals surface area contributed by atoms with E-state index >= 15 is 0 Å². The number of hydrogen-bond acceptors (Lipinski definition) is 7. The lowest BCUT2D eigenvalue weighted by molar-refractivity contribution is -0.146. The molecular formula is C29H31N3O6S. The minimum atomic E-state index is -0.990. The molecule has 0 radical (unpaired) electrons. The number of ether oxygens (including phenoxy) is 1. The molecule has 9 nitrogen and oxygen atoms in total. The highest BCUT2D eigenvalue weighted by Gasteiger charge is 2.43. The average molecular weight is 550 g/mol. The van der Waals surface area contributed by atoms with E-state index in [0.717, 1.165) is 16.9 Å². The molecule has 1 saturated heterocycles. The Morgan fingerprint density at radius 1 is 0.974 bits per heavy atom. The van der Waals surface area contributed by atoms with Gasteiger partial charge in [-0.2, -0.15) is 0 Å². The van der Waals surface area contributed by atoms with Crippen molar-refractivity contribution < 1.29 is 29.0 Å². The number of para-hydroxylation sites is 1. The van der Waals surface area contributed by atoms with E-state index in [4.69, 9.17) is 4.74 Å². The number of rotatable bonds is 9. The van der Waals surface area contributed by atoms with Crippen molar-refractivity contribution in [1.82, 2.24) is 4.90 Å². The molecule has 1 aromatic heterocycles. The van der Waals surface area contributed by atoms with Gasteiger partial charge in [-0.25, -0.2) is 4.79 Å². The maximum Gasteiger partial charge on any atom is 0.348 e. The van der Waals surface area contributed by atoms with E-state index in [0.29, 0.717) is 37.2 Å². The quantitative estimate of drug-likeness (QED) is 0.335. The molecule has 204 valence electrons. The first-order valence-corrected chi connectivity index (χ1v) is 13.5. The predicted octanol–water partition coefficient (Wildman–Crippen LogP) is 4.54. The molecule has 0 aliphatic carbocycles. The molecule has 2 aromatic carbocycles. The van der Waals surface area contributed by atoms with Crippen LogP contribution in [0.5, 0.6) is 0 Å². The van der Waals surface area contributed by atoms with Gasteiger partial charge in [0.25, 0.3) is 5.91 Å². The van der Waals surface area contributed by atoms with E-state index < -0.39 is 23.3 Å². The van der Waals surface area contributed by atoms with Gasteiger partial charge in [-0.3, -0.25) is 19.3 Å². The van der Waals surface area contributed by atoms with Gasteiger partial charge in [-0.15, -0.1) is 11.3 Å². The molecule has 2 heterocycles. The second-order valence-electron chi connectivity index (χ2n) is 9.38. The van der Waals surface area contributed by atoms with Crippen LogP contribution in [0.3, 0.4) is 0 Å². The summed E-state index contributed by atoms with van der Waals surface area (Å²) in [4.78, 5) is 53.2. The lowest BCUT2D eigenvalue weighted by Crippen LogP contribution is -2.49. The first-order valence-electron chi connectivity index (χ1n) is 12.7. The number of likely N-dealkylation sites (tertiary alicyclic amines) is 1. The van der Waals surface area contributed by atoms with Crippen molar-refractivity contribution in [3.8, 4) is 0 Å². The normalized spacial score (nSPS) is 14.8. The van der Waals surface area contributed by atoms with Crippen LogP contribution in [0.15, 0.2) is 60.7 Å². The Labute approximate surface area is 230 Å². The van der Waals surface area contributed by atoms with Crippen LogP contribution in [0.1, 0.15) is 50.9 Å². The van der Waals surface area contributed by atoms with Gasteiger partial charge in [-0.05, 0) is 49.9 Å². The Morgan fingerprint density at radius 3 is 2.18 bits per heavy atom. The fourth-order valence-corrected chi connectivity index (χ4v) is 5.94. The topological polar surface area (TPSA) is 125 Å². The summed E-state index contributed by atoms with van der Waals surface area (Å²) in [7, 11) is 0. The molecule has 1 aliphatic heterocycles. The number of carbonyl (C=O) groups excluding carboxylic acids is 3. The highest BCUT2D eigenvalue weighted by Crippen LogP contribution is 2.37. The van der Waals surface area contributed by atoms with Crippen LogP contribution in [0.4, 0.5) is 10.7 Å². The molecule has 0 atom stereocenters. The third-order valence-electron chi connectivity index (χ3n) is 6.93. The van der Waals surface area contributed by atoms with Gasteiger partial charge in [0, 0.05) is 18.8 Å². The average Bonchev–Trinajstić information content (AvgIpc) is 3.25. The van der Waals surface area contributed by atoms with Crippen LogP contribution in [0, 0.1) is 6.92 Å². The summed E-state index contributed by atoms with van der Waals surface area (Å²) in [5.74, 6) is -2.24. The van der Waals surface area contributed by atoms with Gasteiger partial charge in [0.15, 0.2) is 0 Å². The monoisotopic (exact) mass is 549 g/mol. The smallest absolute Gasteiger partial charge is 0.348 e. The molecule has 10 heteroatoms. The van der Waals surface area contributed by atoms with E-state index in [9.17, 15) is 24.3 Å². The van der Waals surface area contributed by atoms with E-state index in [1.807, 2.05) is 41.3 Å². The standard InChI is InChI=1S/C29H31N3O6S/c1-3-38-27(35)24-19(2)23(25(34)30-21-12-8-5-9-13-21)26(39-24)31-22(33)18-32-16-14-29(15-17-32,28(36)37)20-10-6-4-7-11-20/h4-13H,3,14-18H2,1-2H3,(H,30,34)(H,31,33)(H,36,37). The number of nitrogens with zero attached hydrogens (tertiary/aromatic N) is 1. The number of nitrogens with one attached hydrogen (secondary N) is 2. The summed E-state index contributed by atoms with van der Waals surface area (Å²) in [5, 5.41) is 15.9. The SMILES string of the molecule is CCOC(=O)c1sc(NC(=O)CN2CCC(C(=O)O)(c3ccccc3)CC2)c(C(=O)Nc2ccccc2)c1C. The van der Waals surface area contributed by atoms with Gasteiger partial charge in [0.2, 0.25) is 5.91 Å². The molecule has 0 unspecified atom stereocenters. The van der Waals surface area contributed by atoms with Crippen molar-refractivity contribution in [3.05, 3.63) is 82.2 Å². The summed E-state index contributed by atoms with van der Waals surface area (Å²) in [6.45, 7) is 4.40. The first-order chi connectivity index (χ1) is 18.7. The van der Waals surface area contributed by atoms with Crippen LogP contribution in [0.25, 0.3) is 0 Å².